The summed E-state index contributed by atoms with van der Waals surface area (Å²) in [6, 6.07) is 26.9. The fourth-order valence-electron chi connectivity index (χ4n) is 4.38. The summed E-state index contributed by atoms with van der Waals surface area (Å²) in [4.78, 5) is 12.0. The second-order valence-electron chi connectivity index (χ2n) is 7.57. The Balaban J connectivity index is 1.72. The minimum absolute atomic E-state index is 0.532. The van der Waals surface area contributed by atoms with Gasteiger partial charge in [-0.2, -0.15) is 0 Å². The highest BCUT2D eigenvalue weighted by molar-refractivity contribution is 6.12. The number of aliphatic imine (C=N–C) groups is 2. The number of ether oxygens (including phenoxy) is 1. The van der Waals surface area contributed by atoms with Crippen LogP contribution in [0.5, 0.6) is 5.75 Å². The lowest BCUT2D eigenvalue weighted by atomic mass is 9.81. The van der Waals surface area contributed by atoms with Crippen molar-refractivity contribution in [2.75, 3.05) is 20.2 Å². The van der Waals surface area contributed by atoms with E-state index >= 15 is 0 Å². The lowest BCUT2D eigenvalue weighted by Crippen LogP contribution is -2.46. The van der Waals surface area contributed by atoms with E-state index < -0.39 is 5.54 Å². The molecule has 30 heavy (non-hydrogen) atoms. The van der Waals surface area contributed by atoms with Gasteiger partial charge in [0, 0.05) is 13.1 Å². The zero-order chi connectivity index (χ0) is 20.6. The van der Waals surface area contributed by atoms with Crippen molar-refractivity contribution in [1.29, 1.82) is 0 Å². The second kappa shape index (κ2) is 7.34. The summed E-state index contributed by atoms with van der Waals surface area (Å²) >= 11 is 0. The number of hydrogen-bond acceptors (Lipinski definition) is 5. The molecule has 0 radical (unpaired) electrons. The Bertz CT molecular complexity index is 1140. The lowest BCUT2D eigenvalue weighted by Gasteiger charge is -2.33. The normalized spacial score (nSPS) is 20.4. The average molecular weight is 396 g/mol. The quantitative estimate of drug-likeness (QED) is 0.724. The molecule has 0 fully saturated rings. The first kappa shape index (κ1) is 18.4. The van der Waals surface area contributed by atoms with Gasteiger partial charge in [0.25, 0.3) is 0 Å². The van der Waals surface area contributed by atoms with Crippen molar-refractivity contribution < 1.29 is 4.74 Å². The third kappa shape index (κ3) is 2.86. The molecule has 3 aromatic carbocycles. The Kier molecular flexibility index (Phi) is 4.51. The summed E-state index contributed by atoms with van der Waals surface area (Å²) < 4.78 is 5.42. The van der Waals surface area contributed by atoms with Crippen molar-refractivity contribution in [1.82, 2.24) is 4.90 Å². The Morgan fingerprint density at radius 1 is 0.900 bits per heavy atom. The maximum Gasteiger partial charge on any atom is 0.198 e. The van der Waals surface area contributed by atoms with E-state index in [1.807, 2.05) is 36.4 Å². The smallest absolute Gasteiger partial charge is 0.198 e. The molecule has 3 aromatic rings. The molecule has 0 bridgehead atoms. The molecule has 0 saturated carbocycles. The van der Waals surface area contributed by atoms with E-state index in [0.29, 0.717) is 5.96 Å². The number of fused-ring (bicyclic) bond motifs is 1. The molecule has 2 heterocycles. The molecular formula is C25H24N4O. The Hall–Kier alpha value is -3.60. The minimum atomic E-state index is -0.735. The highest BCUT2D eigenvalue weighted by Gasteiger charge is 2.49. The minimum Gasteiger partial charge on any atom is -0.497 e. The number of nitrogens with two attached hydrogens (primary N) is 1. The van der Waals surface area contributed by atoms with Crippen LogP contribution < -0.4 is 10.5 Å². The average Bonchev–Trinajstić information content (AvgIpc) is 3.13. The van der Waals surface area contributed by atoms with E-state index in [1.165, 1.54) is 0 Å². The summed E-state index contributed by atoms with van der Waals surface area (Å²) in [6.07, 6.45) is 0.981. The molecule has 5 rings (SSSR count). The van der Waals surface area contributed by atoms with Gasteiger partial charge in [0.05, 0.1) is 7.11 Å². The lowest BCUT2D eigenvalue weighted by molar-refractivity contribution is 0.415. The number of methoxy groups -OCH3 is 1. The van der Waals surface area contributed by atoms with Crippen molar-refractivity contribution in [3.8, 4) is 16.9 Å². The Morgan fingerprint density at radius 2 is 1.63 bits per heavy atom. The van der Waals surface area contributed by atoms with Gasteiger partial charge in [0.2, 0.25) is 0 Å². The maximum absolute atomic E-state index is 6.41. The van der Waals surface area contributed by atoms with Crippen LogP contribution in [0, 0.1) is 0 Å². The maximum atomic E-state index is 6.41. The molecule has 5 nitrogen and oxygen atoms in total. The van der Waals surface area contributed by atoms with Gasteiger partial charge in [0.15, 0.2) is 11.5 Å². The van der Waals surface area contributed by atoms with E-state index in [4.69, 9.17) is 20.5 Å². The van der Waals surface area contributed by atoms with Gasteiger partial charge in [0.1, 0.15) is 11.6 Å². The summed E-state index contributed by atoms with van der Waals surface area (Å²) in [5.41, 5.74) is 9.99. The highest BCUT2D eigenvalue weighted by atomic mass is 16.5. The Labute approximate surface area is 176 Å². The van der Waals surface area contributed by atoms with Crippen LogP contribution in [0.2, 0.25) is 0 Å². The highest BCUT2D eigenvalue weighted by Crippen LogP contribution is 2.42. The first-order valence-electron chi connectivity index (χ1n) is 10.2. The van der Waals surface area contributed by atoms with Gasteiger partial charge >= 0.3 is 0 Å². The van der Waals surface area contributed by atoms with E-state index in [2.05, 4.69) is 47.4 Å². The van der Waals surface area contributed by atoms with E-state index in [0.717, 1.165) is 53.3 Å². The number of amidine groups is 1. The van der Waals surface area contributed by atoms with Crippen LogP contribution in [0.25, 0.3) is 11.1 Å². The fourth-order valence-corrected chi connectivity index (χ4v) is 4.38. The molecule has 1 unspecified atom stereocenters. The topological polar surface area (TPSA) is 63.2 Å². The zero-order valence-electron chi connectivity index (χ0n) is 17.0. The summed E-state index contributed by atoms with van der Waals surface area (Å²) in [5.74, 6) is 2.28. The van der Waals surface area contributed by atoms with Crippen LogP contribution in [0.4, 0.5) is 0 Å². The first-order valence-corrected chi connectivity index (χ1v) is 10.2. The number of guanidine groups is 1. The van der Waals surface area contributed by atoms with Gasteiger partial charge < -0.3 is 10.5 Å². The van der Waals surface area contributed by atoms with Crippen molar-refractivity contribution in [3.63, 3.8) is 0 Å². The molecule has 5 heteroatoms. The van der Waals surface area contributed by atoms with Gasteiger partial charge in [-0.1, -0.05) is 60.7 Å². The largest absolute Gasteiger partial charge is 0.497 e. The Morgan fingerprint density at radius 3 is 2.43 bits per heavy atom. The van der Waals surface area contributed by atoms with Crippen LogP contribution in [0.3, 0.4) is 0 Å². The van der Waals surface area contributed by atoms with Crippen LogP contribution in [-0.4, -0.2) is 36.9 Å². The van der Waals surface area contributed by atoms with Gasteiger partial charge in [-0.05, 0) is 46.9 Å². The molecule has 0 aliphatic carbocycles. The zero-order valence-corrected chi connectivity index (χ0v) is 17.0. The third-order valence-corrected chi connectivity index (χ3v) is 5.81. The molecule has 0 saturated heterocycles. The van der Waals surface area contributed by atoms with Crippen molar-refractivity contribution in [3.05, 3.63) is 90.0 Å². The van der Waals surface area contributed by atoms with Crippen LogP contribution in [-0.2, 0) is 5.54 Å². The van der Waals surface area contributed by atoms with E-state index in [1.54, 1.807) is 7.11 Å². The molecule has 2 N–H and O–H groups in total. The molecule has 0 amide bonds. The third-order valence-electron chi connectivity index (χ3n) is 5.81. The van der Waals surface area contributed by atoms with Crippen molar-refractivity contribution >= 4 is 11.8 Å². The van der Waals surface area contributed by atoms with Crippen molar-refractivity contribution in [2.45, 2.75) is 12.0 Å². The second-order valence-corrected chi connectivity index (χ2v) is 7.57. The van der Waals surface area contributed by atoms with Crippen LogP contribution in [0.1, 0.15) is 17.5 Å². The molecular weight excluding hydrogens is 372 g/mol. The standard InChI is InChI=1S/C25H24N4O/c1-30-22-13-6-9-19(17-22)18-8-5-12-21(16-18)25(20-10-3-2-4-11-20)23-27-14-7-15-29(23)24(26)28-25/h2-6,8-13,16-17H,7,14-15H2,1H3,(H2,26,28). The fraction of sp³-hybridized carbons (Fsp3) is 0.200. The molecule has 0 aromatic heterocycles. The number of rotatable bonds is 4. The predicted octanol–water partition coefficient (Wildman–Crippen LogP) is 4.04. The van der Waals surface area contributed by atoms with E-state index in [9.17, 15) is 0 Å². The first-order chi connectivity index (χ1) is 14.7. The molecule has 150 valence electrons. The molecule has 2 aliphatic rings. The summed E-state index contributed by atoms with van der Waals surface area (Å²) in [6.45, 7) is 1.64. The number of benzene rings is 3. The van der Waals surface area contributed by atoms with Gasteiger partial charge in [-0.25, -0.2) is 4.99 Å². The monoisotopic (exact) mass is 396 g/mol. The molecule has 2 aliphatic heterocycles. The summed E-state index contributed by atoms with van der Waals surface area (Å²) in [7, 11) is 1.69. The predicted molar refractivity (Wildman–Crippen MR) is 121 cm³/mol. The van der Waals surface area contributed by atoms with Gasteiger partial charge in [-0.3, -0.25) is 9.89 Å². The SMILES string of the molecule is COc1cccc(-c2cccc(C3(c4ccccc4)N=C(N)N4CCCN=C43)c2)c1. The molecule has 0 spiro atoms. The van der Waals surface area contributed by atoms with E-state index in [-0.39, 0.29) is 0 Å². The van der Waals surface area contributed by atoms with Crippen LogP contribution >= 0.6 is 0 Å². The number of nitrogens with zero attached hydrogens (tertiary/aromatic N) is 3. The van der Waals surface area contributed by atoms with Gasteiger partial charge in [-0.15, -0.1) is 0 Å². The molecule has 1 atom stereocenters. The summed E-state index contributed by atoms with van der Waals surface area (Å²) in [5, 5.41) is 0. The number of hydrogen-bond donors (Lipinski definition) is 1. The van der Waals surface area contributed by atoms with Crippen LogP contribution in [0.15, 0.2) is 88.8 Å². The van der Waals surface area contributed by atoms with Crippen molar-refractivity contribution in [2.24, 2.45) is 15.7 Å².